The van der Waals surface area contributed by atoms with Crippen LogP contribution in [0.15, 0.2) is 12.4 Å². The van der Waals surface area contributed by atoms with Gasteiger partial charge in [0.2, 0.25) is 0 Å². The van der Waals surface area contributed by atoms with Crippen LogP contribution in [0.25, 0.3) is 0 Å². The minimum Gasteiger partial charge on any atom is -0.480 e. The van der Waals surface area contributed by atoms with Crippen molar-refractivity contribution in [2.24, 2.45) is 0 Å². The van der Waals surface area contributed by atoms with E-state index < -0.39 is 17.9 Å². The highest BCUT2D eigenvalue weighted by atomic mass is 32.2. The molecule has 0 spiro atoms. The highest BCUT2D eigenvalue weighted by Gasteiger charge is 2.20. The molecule has 0 aliphatic heterocycles. The van der Waals surface area contributed by atoms with Gasteiger partial charge in [-0.1, -0.05) is 0 Å². The van der Waals surface area contributed by atoms with E-state index in [1.165, 1.54) is 24.2 Å². The third kappa shape index (κ3) is 4.33. The van der Waals surface area contributed by atoms with Crippen molar-refractivity contribution in [3.05, 3.63) is 23.8 Å². The van der Waals surface area contributed by atoms with Crippen LogP contribution in [0.3, 0.4) is 0 Å². The molecule has 18 heavy (non-hydrogen) atoms. The Balaban J connectivity index is 2.69. The summed E-state index contributed by atoms with van der Waals surface area (Å²) >= 11 is 1.53. The fourth-order valence-electron chi connectivity index (χ4n) is 1.30. The molecular weight excluding hydrogens is 254 g/mol. The lowest BCUT2D eigenvalue weighted by atomic mass is 10.2. The van der Waals surface area contributed by atoms with Crippen molar-refractivity contribution in [2.45, 2.75) is 19.4 Å². The molecule has 1 atom stereocenters. The fourth-order valence-corrected chi connectivity index (χ4v) is 1.78. The molecule has 0 saturated heterocycles. The number of carboxylic acid groups (broad SMARTS) is 1. The van der Waals surface area contributed by atoms with E-state index in [2.05, 4.69) is 15.3 Å². The summed E-state index contributed by atoms with van der Waals surface area (Å²) in [5.74, 6) is -0.864. The van der Waals surface area contributed by atoms with Gasteiger partial charge in [0, 0.05) is 5.69 Å². The van der Waals surface area contributed by atoms with Crippen molar-refractivity contribution in [1.82, 2.24) is 15.3 Å². The van der Waals surface area contributed by atoms with Crippen LogP contribution >= 0.6 is 11.8 Å². The van der Waals surface area contributed by atoms with Gasteiger partial charge in [0.05, 0.1) is 0 Å². The van der Waals surface area contributed by atoms with E-state index in [4.69, 9.17) is 5.11 Å². The maximum Gasteiger partial charge on any atom is 0.326 e. The summed E-state index contributed by atoms with van der Waals surface area (Å²) in [6.07, 6.45) is 3.54. The standard InChI is InChI=1S/C11H15N3O3S/c1-7-5-9(13-6-12-7)10(15)14-8(11(16)17)3-4-18-2/h5-6,8H,3-4H2,1-2H3,(H,14,15)(H,16,17)/t8-/m0/s1. The summed E-state index contributed by atoms with van der Waals surface area (Å²) < 4.78 is 0. The molecule has 0 radical (unpaired) electrons. The van der Waals surface area contributed by atoms with Crippen molar-refractivity contribution in [2.75, 3.05) is 12.0 Å². The lowest BCUT2D eigenvalue weighted by Gasteiger charge is -2.13. The zero-order chi connectivity index (χ0) is 13.5. The zero-order valence-electron chi connectivity index (χ0n) is 10.2. The van der Waals surface area contributed by atoms with E-state index >= 15 is 0 Å². The first-order valence-corrected chi connectivity index (χ1v) is 6.75. The summed E-state index contributed by atoms with van der Waals surface area (Å²) in [7, 11) is 0. The monoisotopic (exact) mass is 269 g/mol. The van der Waals surface area contributed by atoms with E-state index in [-0.39, 0.29) is 5.69 Å². The quantitative estimate of drug-likeness (QED) is 0.790. The number of carbonyl (C=O) groups excluding carboxylic acids is 1. The molecule has 0 unspecified atom stereocenters. The summed E-state index contributed by atoms with van der Waals surface area (Å²) in [6, 6.07) is 0.628. The SMILES string of the molecule is CSCC[C@H](NC(=O)c1cc(C)ncn1)C(=O)O. The molecule has 2 N–H and O–H groups in total. The molecular formula is C11H15N3O3S. The van der Waals surface area contributed by atoms with Gasteiger partial charge in [0.15, 0.2) is 0 Å². The van der Waals surface area contributed by atoms with Gasteiger partial charge in [-0.25, -0.2) is 14.8 Å². The number of carbonyl (C=O) groups is 2. The van der Waals surface area contributed by atoms with Crippen molar-refractivity contribution in [3.8, 4) is 0 Å². The molecule has 0 aromatic carbocycles. The molecule has 0 saturated carbocycles. The topological polar surface area (TPSA) is 92.2 Å². The average Bonchev–Trinajstić information content (AvgIpc) is 2.33. The van der Waals surface area contributed by atoms with E-state index in [1.807, 2.05) is 6.26 Å². The van der Waals surface area contributed by atoms with Crippen LogP contribution < -0.4 is 5.32 Å². The van der Waals surface area contributed by atoms with Gasteiger partial charge >= 0.3 is 5.97 Å². The molecule has 1 rings (SSSR count). The van der Waals surface area contributed by atoms with Gasteiger partial charge in [-0.2, -0.15) is 11.8 Å². The van der Waals surface area contributed by atoms with Crippen LogP contribution in [0.2, 0.25) is 0 Å². The van der Waals surface area contributed by atoms with Gasteiger partial charge in [-0.15, -0.1) is 0 Å². The van der Waals surface area contributed by atoms with Gasteiger partial charge in [-0.05, 0) is 31.4 Å². The maximum atomic E-state index is 11.8. The lowest BCUT2D eigenvalue weighted by Crippen LogP contribution is -2.41. The second kappa shape index (κ2) is 6.95. The van der Waals surface area contributed by atoms with Crippen molar-refractivity contribution >= 4 is 23.6 Å². The minimum atomic E-state index is -1.04. The highest BCUT2D eigenvalue weighted by molar-refractivity contribution is 7.98. The number of nitrogens with zero attached hydrogens (tertiary/aromatic N) is 2. The number of hydrogen-bond acceptors (Lipinski definition) is 5. The number of rotatable bonds is 6. The molecule has 0 fully saturated rings. The molecule has 98 valence electrons. The third-order valence-corrected chi connectivity index (χ3v) is 2.89. The van der Waals surface area contributed by atoms with Crippen LogP contribution in [0.1, 0.15) is 22.6 Å². The van der Waals surface area contributed by atoms with Crippen molar-refractivity contribution in [1.29, 1.82) is 0 Å². The number of aromatic nitrogens is 2. The Morgan fingerprint density at radius 3 is 2.78 bits per heavy atom. The average molecular weight is 269 g/mol. The minimum absolute atomic E-state index is 0.179. The number of carboxylic acids is 1. The van der Waals surface area contributed by atoms with Crippen LogP contribution in [0.4, 0.5) is 0 Å². The molecule has 1 amide bonds. The summed E-state index contributed by atoms with van der Waals surface area (Å²) in [6.45, 7) is 1.74. The zero-order valence-corrected chi connectivity index (χ0v) is 11.0. The van der Waals surface area contributed by atoms with Crippen molar-refractivity contribution < 1.29 is 14.7 Å². The van der Waals surface area contributed by atoms with Gasteiger partial charge in [0.25, 0.3) is 5.91 Å². The number of aryl methyl sites for hydroxylation is 1. The highest BCUT2D eigenvalue weighted by Crippen LogP contribution is 2.03. The first-order chi connectivity index (χ1) is 8.54. The number of amides is 1. The normalized spacial score (nSPS) is 11.9. The Hall–Kier alpha value is -1.63. The van der Waals surface area contributed by atoms with E-state index in [0.717, 1.165) is 0 Å². The molecule has 1 heterocycles. The Kier molecular flexibility index (Phi) is 5.57. The Morgan fingerprint density at radius 1 is 1.50 bits per heavy atom. The largest absolute Gasteiger partial charge is 0.480 e. The summed E-state index contributed by atoms with van der Waals surface area (Å²) in [5.41, 5.74) is 0.837. The number of aliphatic carboxylic acids is 1. The summed E-state index contributed by atoms with van der Waals surface area (Å²) in [5, 5.41) is 11.4. The fraction of sp³-hybridized carbons (Fsp3) is 0.455. The molecule has 0 aliphatic carbocycles. The van der Waals surface area contributed by atoms with E-state index in [0.29, 0.717) is 17.9 Å². The molecule has 0 bridgehead atoms. The number of nitrogens with one attached hydrogen (secondary N) is 1. The third-order valence-electron chi connectivity index (χ3n) is 2.25. The predicted octanol–water partition coefficient (Wildman–Crippen LogP) is 0.721. The number of hydrogen-bond donors (Lipinski definition) is 2. The van der Waals surface area contributed by atoms with Crippen LogP contribution in [-0.2, 0) is 4.79 Å². The molecule has 0 aliphatic rings. The lowest BCUT2D eigenvalue weighted by molar-refractivity contribution is -0.139. The smallest absolute Gasteiger partial charge is 0.326 e. The Morgan fingerprint density at radius 2 is 2.22 bits per heavy atom. The van der Waals surface area contributed by atoms with Crippen LogP contribution in [0, 0.1) is 6.92 Å². The van der Waals surface area contributed by atoms with E-state index in [9.17, 15) is 9.59 Å². The van der Waals surface area contributed by atoms with Gasteiger partial charge in [-0.3, -0.25) is 4.79 Å². The van der Waals surface area contributed by atoms with E-state index in [1.54, 1.807) is 6.92 Å². The molecule has 1 aromatic heterocycles. The maximum absolute atomic E-state index is 11.8. The first-order valence-electron chi connectivity index (χ1n) is 5.36. The first kappa shape index (κ1) is 14.4. The molecule has 1 aromatic rings. The summed E-state index contributed by atoms with van der Waals surface area (Å²) in [4.78, 5) is 30.5. The van der Waals surface area contributed by atoms with Crippen molar-refractivity contribution in [3.63, 3.8) is 0 Å². The molecule has 7 heteroatoms. The Labute approximate surface area is 109 Å². The molecule has 6 nitrogen and oxygen atoms in total. The second-order valence-corrected chi connectivity index (χ2v) is 4.68. The predicted molar refractivity (Wildman–Crippen MR) is 68.7 cm³/mol. The van der Waals surface area contributed by atoms with Crippen LogP contribution in [-0.4, -0.2) is 45.0 Å². The van der Waals surface area contributed by atoms with Gasteiger partial charge in [0.1, 0.15) is 18.1 Å². The van der Waals surface area contributed by atoms with Gasteiger partial charge < -0.3 is 10.4 Å². The Bertz CT molecular complexity index is 439. The van der Waals surface area contributed by atoms with Crippen LogP contribution in [0.5, 0.6) is 0 Å². The number of thioether (sulfide) groups is 1. The second-order valence-electron chi connectivity index (χ2n) is 3.69.